The van der Waals surface area contributed by atoms with Crippen molar-refractivity contribution in [1.29, 1.82) is 0 Å². The summed E-state index contributed by atoms with van der Waals surface area (Å²) in [5.74, 6) is 0.679. The number of hydrogen-bond acceptors (Lipinski definition) is 6. The Morgan fingerprint density at radius 1 is 1.29 bits per heavy atom. The first-order chi connectivity index (χ1) is 16.7. The van der Waals surface area contributed by atoms with E-state index in [1.807, 2.05) is 27.4 Å². The van der Waals surface area contributed by atoms with Crippen molar-refractivity contribution >= 4 is 30.8 Å². The Morgan fingerprint density at radius 3 is 2.83 bits per heavy atom. The number of nitrogen functional groups attached to an aromatic ring is 1. The molecule has 11 heteroatoms. The third-order valence-electron chi connectivity index (χ3n) is 6.69. The molecule has 188 valence electrons. The average molecular weight is 499 g/mol. The van der Waals surface area contributed by atoms with Crippen molar-refractivity contribution in [2.24, 2.45) is 0 Å². The third-order valence-corrected chi connectivity index (χ3v) is 8.40. The lowest BCUT2D eigenvalue weighted by Gasteiger charge is -2.23. The summed E-state index contributed by atoms with van der Waals surface area (Å²) >= 11 is 0. The van der Waals surface area contributed by atoms with Crippen molar-refractivity contribution in [1.82, 2.24) is 24.2 Å². The number of ether oxygens (including phenoxy) is 2. The lowest BCUT2D eigenvalue weighted by Crippen LogP contribution is -2.25. The number of amides is 1. The molecule has 0 radical (unpaired) electrons. The highest BCUT2D eigenvalue weighted by Gasteiger charge is 2.32. The zero-order valence-corrected chi connectivity index (χ0v) is 21.7. The zero-order chi connectivity index (χ0) is 24.7. The minimum atomic E-state index is -1.24. The van der Waals surface area contributed by atoms with Crippen molar-refractivity contribution < 1.29 is 19.4 Å². The zero-order valence-electron chi connectivity index (χ0n) is 20.7. The van der Waals surface area contributed by atoms with Gasteiger partial charge in [-0.1, -0.05) is 19.6 Å². The monoisotopic (exact) mass is 498 g/mol. The molecule has 0 spiro atoms. The third kappa shape index (κ3) is 4.80. The number of anilines is 1. The number of carboxylic acid groups (broad SMARTS) is 1. The topological polar surface area (TPSA) is 121 Å². The fraction of sp³-hybridized carbons (Fsp3) is 0.542. The van der Waals surface area contributed by atoms with Gasteiger partial charge in [0.1, 0.15) is 12.4 Å². The molecule has 3 N–H and O–H groups in total. The molecule has 2 aliphatic heterocycles. The van der Waals surface area contributed by atoms with Gasteiger partial charge in [-0.3, -0.25) is 4.90 Å². The van der Waals surface area contributed by atoms with Crippen LogP contribution in [-0.4, -0.2) is 56.7 Å². The summed E-state index contributed by atoms with van der Waals surface area (Å²) in [5.41, 5.74) is 10.1. The quantitative estimate of drug-likeness (QED) is 0.280. The van der Waals surface area contributed by atoms with Crippen LogP contribution in [0.25, 0.3) is 22.4 Å². The van der Waals surface area contributed by atoms with Gasteiger partial charge in [0, 0.05) is 32.4 Å². The van der Waals surface area contributed by atoms with Gasteiger partial charge in [-0.05, 0) is 43.5 Å². The van der Waals surface area contributed by atoms with Crippen LogP contribution in [0.2, 0.25) is 25.7 Å². The van der Waals surface area contributed by atoms with Crippen LogP contribution in [0.4, 0.5) is 10.5 Å². The summed E-state index contributed by atoms with van der Waals surface area (Å²) < 4.78 is 16.1. The van der Waals surface area contributed by atoms with E-state index < -0.39 is 14.2 Å². The Hall–Kier alpha value is -2.89. The first kappa shape index (κ1) is 23.8. The van der Waals surface area contributed by atoms with E-state index in [2.05, 4.69) is 19.6 Å². The molecule has 35 heavy (non-hydrogen) atoms. The first-order valence-electron chi connectivity index (χ1n) is 12.2. The Balaban J connectivity index is 1.56. The summed E-state index contributed by atoms with van der Waals surface area (Å²) in [6, 6.07) is 6.84. The summed E-state index contributed by atoms with van der Waals surface area (Å²) in [7, 11) is -1.24. The molecule has 1 unspecified atom stereocenters. The maximum Gasteiger partial charge on any atom is 0.408 e. The van der Waals surface area contributed by atoms with E-state index >= 15 is 0 Å². The number of nitrogens with two attached hydrogens (primary N) is 1. The largest absolute Gasteiger partial charge is 0.465 e. The van der Waals surface area contributed by atoms with E-state index in [9.17, 15) is 9.90 Å². The maximum atomic E-state index is 11.6. The van der Waals surface area contributed by atoms with Gasteiger partial charge in [-0.15, -0.1) is 0 Å². The second-order valence-electron chi connectivity index (χ2n) is 10.6. The second-order valence-corrected chi connectivity index (χ2v) is 16.3. The molecule has 2 aliphatic rings. The van der Waals surface area contributed by atoms with Gasteiger partial charge in [0.2, 0.25) is 0 Å². The highest BCUT2D eigenvalue weighted by Crippen LogP contribution is 2.36. The average Bonchev–Trinajstić information content (AvgIpc) is 3.47. The first-order valence-corrected chi connectivity index (χ1v) is 16.0. The fourth-order valence-corrected chi connectivity index (χ4v) is 5.46. The van der Waals surface area contributed by atoms with Gasteiger partial charge >= 0.3 is 6.09 Å². The molecule has 0 aliphatic carbocycles. The van der Waals surface area contributed by atoms with E-state index in [1.165, 1.54) is 4.90 Å². The molecule has 1 aromatic carbocycles. The molecule has 1 fully saturated rings. The van der Waals surface area contributed by atoms with E-state index in [1.54, 1.807) is 0 Å². The molecule has 1 amide bonds. The molecular formula is C24H34N6O4Si. The standard InChI is InChI=1S/C24H34N6O4Si/c1-35(2,3)11-10-33-15-29-20-14-28(24(31)32)13-18(20)26-23(29)22-17-12-16(25)7-8-19(17)30(27-22)21-6-4-5-9-34-21/h7-8,12,21H,4-6,9-11,13-15,25H2,1-3H3,(H,31,32). The highest BCUT2D eigenvalue weighted by atomic mass is 28.3. The van der Waals surface area contributed by atoms with Gasteiger partial charge < -0.3 is 24.9 Å². The van der Waals surface area contributed by atoms with Gasteiger partial charge in [0.15, 0.2) is 12.1 Å². The van der Waals surface area contributed by atoms with E-state index in [4.69, 9.17) is 25.3 Å². The molecule has 2 aromatic heterocycles. The molecule has 1 saturated heterocycles. The van der Waals surface area contributed by atoms with Crippen LogP contribution in [0.15, 0.2) is 18.2 Å². The van der Waals surface area contributed by atoms with Crippen LogP contribution in [0, 0.1) is 0 Å². The number of rotatable bonds is 7. The molecular weight excluding hydrogens is 464 g/mol. The van der Waals surface area contributed by atoms with Gasteiger partial charge in [0.25, 0.3) is 0 Å². The van der Waals surface area contributed by atoms with Gasteiger partial charge in [0.05, 0.1) is 30.0 Å². The molecule has 0 saturated carbocycles. The Morgan fingerprint density at radius 2 is 2.11 bits per heavy atom. The predicted octanol–water partition coefficient (Wildman–Crippen LogP) is 4.49. The van der Waals surface area contributed by atoms with Crippen molar-refractivity contribution in [3.63, 3.8) is 0 Å². The number of hydrogen-bond donors (Lipinski definition) is 2. The molecule has 5 rings (SSSR count). The van der Waals surface area contributed by atoms with Crippen LogP contribution >= 0.6 is 0 Å². The molecule has 0 bridgehead atoms. The summed E-state index contributed by atoms with van der Waals surface area (Å²) in [5, 5.41) is 15.4. The number of carbonyl (C=O) groups is 1. The van der Waals surface area contributed by atoms with Gasteiger partial charge in [-0.2, -0.15) is 5.10 Å². The Bertz CT molecular complexity index is 1240. The second kappa shape index (κ2) is 9.28. The minimum absolute atomic E-state index is 0.130. The van der Waals surface area contributed by atoms with E-state index in [-0.39, 0.29) is 19.3 Å². The molecule has 4 heterocycles. The van der Waals surface area contributed by atoms with E-state index in [0.29, 0.717) is 30.5 Å². The smallest absolute Gasteiger partial charge is 0.408 e. The number of aromatic nitrogens is 4. The highest BCUT2D eigenvalue weighted by molar-refractivity contribution is 6.76. The SMILES string of the molecule is C[Si](C)(C)CCOCn1c(-c2nn(C3CCCCO3)c3ccc(N)cc23)nc2c1CN(C(=O)O)C2. The molecule has 10 nitrogen and oxygen atoms in total. The number of fused-ring (bicyclic) bond motifs is 2. The molecule has 1 atom stereocenters. The minimum Gasteiger partial charge on any atom is -0.465 e. The van der Waals surface area contributed by atoms with Gasteiger partial charge in [-0.25, -0.2) is 14.5 Å². The van der Waals surface area contributed by atoms with Crippen molar-refractivity contribution in [3.05, 3.63) is 29.6 Å². The van der Waals surface area contributed by atoms with Crippen LogP contribution in [0.3, 0.4) is 0 Å². The Labute approximate surface area is 205 Å². The van der Waals surface area contributed by atoms with Crippen molar-refractivity contribution in [2.45, 2.75) is 71.0 Å². The summed E-state index contributed by atoms with van der Waals surface area (Å²) in [4.78, 5) is 17.9. The number of imidazole rings is 1. The summed E-state index contributed by atoms with van der Waals surface area (Å²) in [6.07, 6.45) is 1.97. The summed E-state index contributed by atoms with van der Waals surface area (Å²) in [6.45, 7) is 9.16. The lowest BCUT2D eigenvalue weighted by molar-refractivity contribution is -0.0365. The molecule has 3 aromatic rings. The predicted molar refractivity (Wildman–Crippen MR) is 136 cm³/mol. The van der Waals surface area contributed by atoms with Crippen molar-refractivity contribution in [3.8, 4) is 11.5 Å². The van der Waals surface area contributed by atoms with E-state index in [0.717, 1.165) is 54.2 Å². The Kier molecular flexibility index (Phi) is 6.32. The van der Waals surface area contributed by atoms with Crippen LogP contribution in [-0.2, 0) is 29.3 Å². The number of benzene rings is 1. The normalized spacial score (nSPS) is 18.4. The van der Waals surface area contributed by atoms with Crippen LogP contribution in [0.1, 0.15) is 36.9 Å². The number of nitrogens with zero attached hydrogens (tertiary/aromatic N) is 5. The van der Waals surface area contributed by atoms with Crippen LogP contribution < -0.4 is 5.73 Å². The lowest BCUT2D eigenvalue weighted by atomic mass is 10.1. The fourth-order valence-electron chi connectivity index (χ4n) is 4.71. The van der Waals surface area contributed by atoms with Crippen molar-refractivity contribution in [2.75, 3.05) is 18.9 Å². The maximum absolute atomic E-state index is 11.6. The van der Waals surface area contributed by atoms with Crippen LogP contribution in [0.5, 0.6) is 0 Å².